The van der Waals surface area contributed by atoms with E-state index in [1.165, 1.54) is 16.7 Å². The average molecular weight is 285 g/mol. The largest absolute Gasteiger partial charge is 0.497 e. The van der Waals surface area contributed by atoms with Crippen LogP contribution in [0.2, 0.25) is 0 Å². The van der Waals surface area contributed by atoms with E-state index in [9.17, 15) is 0 Å². The van der Waals surface area contributed by atoms with Crippen molar-refractivity contribution in [3.05, 3.63) is 59.2 Å². The van der Waals surface area contributed by atoms with Crippen LogP contribution in [0.1, 0.15) is 29.7 Å². The molecule has 0 aliphatic carbocycles. The first-order valence-electron chi connectivity index (χ1n) is 7.21. The molecule has 3 nitrogen and oxygen atoms in total. The highest BCUT2D eigenvalue weighted by Gasteiger charge is 2.15. The maximum Gasteiger partial charge on any atom is 0.119 e. The molecule has 2 aromatic rings. The van der Waals surface area contributed by atoms with Crippen LogP contribution in [0.15, 0.2) is 42.5 Å². The highest BCUT2D eigenvalue weighted by atomic mass is 16.5. The van der Waals surface area contributed by atoms with Gasteiger partial charge < -0.3 is 14.8 Å². The van der Waals surface area contributed by atoms with Crippen molar-refractivity contribution in [2.45, 2.75) is 19.9 Å². The van der Waals surface area contributed by atoms with Gasteiger partial charge >= 0.3 is 0 Å². The first kappa shape index (κ1) is 15.4. The standard InChI is InChI=1S/C18H23NO2/c1-5-19-18(14-6-8-15(20-3)9-7-14)17-11-10-16(21-4)12-13(17)2/h6-12,18-19H,5H2,1-4H3. The molecule has 2 aromatic carbocycles. The lowest BCUT2D eigenvalue weighted by Crippen LogP contribution is -2.22. The highest BCUT2D eigenvalue weighted by Crippen LogP contribution is 2.28. The van der Waals surface area contributed by atoms with Crippen LogP contribution >= 0.6 is 0 Å². The van der Waals surface area contributed by atoms with E-state index in [-0.39, 0.29) is 6.04 Å². The molecular weight excluding hydrogens is 262 g/mol. The Morgan fingerprint density at radius 3 is 2.10 bits per heavy atom. The summed E-state index contributed by atoms with van der Waals surface area (Å²) < 4.78 is 10.5. The molecular formula is C18H23NO2. The van der Waals surface area contributed by atoms with Gasteiger partial charge in [0.15, 0.2) is 0 Å². The maximum absolute atomic E-state index is 5.29. The second-order valence-corrected chi connectivity index (χ2v) is 4.99. The molecule has 112 valence electrons. The molecule has 21 heavy (non-hydrogen) atoms. The van der Waals surface area contributed by atoms with Crippen molar-refractivity contribution in [3.63, 3.8) is 0 Å². The Kier molecular flexibility index (Phi) is 5.23. The lowest BCUT2D eigenvalue weighted by Gasteiger charge is -2.21. The van der Waals surface area contributed by atoms with Gasteiger partial charge in [-0.05, 0) is 54.4 Å². The van der Waals surface area contributed by atoms with Crippen LogP contribution in [0, 0.1) is 6.92 Å². The molecule has 1 unspecified atom stereocenters. The van der Waals surface area contributed by atoms with Crippen LogP contribution in [-0.2, 0) is 0 Å². The van der Waals surface area contributed by atoms with Crippen molar-refractivity contribution in [1.82, 2.24) is 5.32 Å². The van der Waals surface area contributed by atoms with Crippen molar-refractivity contribution >= 4 is 0 Å². The lowest BCUT2D eigenvalue weighted by molar-refractivity contribution is 0.414. The molecule has 0 saturated carbocycles. The van der Waals surface area contributed by atoms with Crippen molar-refractivity contribution in [3.8, 4) is 11.5 Å². The summed E-state index contributed by atoms with van der Waals surface area (Å²) in [5.74, 6) is 1.77. The zero-order valence-electron chi connectivity index (χ0n) is 13.1. The van der Waals surface area contributed by atoms with Gasteiger partial charge in [-0.2, -0.15) is 0 Å². The molecule has 0 aliphatic rings. The molecule has 0 bridgehead atoms. The van der Waals surface area contributed by atoms with Crippen LogP contribution in [0.3, 0.4) is 0 Å². The highest BCUT2D eigenvalue weighted by molar-refractivity contribution is 5.42. The average Bonchev–Trinajstić information content (AvgIpc) is 2.53. The predicted molar refractivity (Wildman–Crippen MR) is 86.2 cm³/mol. The second-order valence-electron chi connectivity index (χ2n) is 4.99. The molecule has 2 rings (SSSR count). The predicted octanol–water partition coefficient (Wildman–Crippen LogP) is 3.71. The monoisotopic (exact) mass is 285 g/mol. The summed E-state index contributed by atoms with van der Waals surface area (Å²) in [6.07, 6.45) is 0. The summed E-state index contributed by atoms with van der Waals surface area (Å²) in [7, 11) is 3.38. The van der Waals surface area contributed by atoms with Crippen LogP contribution in [0.25, 0.3) is 0 Å². The molecule has 0 spiro atoms. The summed E-state index contributed by atoms with van der Waals surface area (Å²) in [6, 6.07) is 14.6. The van der Waals surface area contributed by atoms with Crippen molar-refractivity contribution < 1.29 is 9.47 Å². The molecule has 0 radical (unpaired) electrons. The fourth-order valence-corrected chi connectivity index (χ4v) is 2.51. The van der Waals surface area contributed by atoms with Gasteiger partial charge in [-0.3, -0.25) is 0 Å². The van der Waals surface area contributed by atoms with Crippen LogP contribution in [0.5, 0.6) is 11.5 Å². The molecule has 1 atom stereocenters. The summed E-state index contributed by atoms with van der Waals surface area (Å²) >= 11 is 0. The number of ether oxygens (including phenoxy) is 2. The van der Waals surface area contributed by atoms with E-state index in [2.05, 4.69) is 43.4 Å². The molecule has 0 heterocycles. The molecule has 0 amide bonds. The molecule has 0 fully saturated rings. The van der Waals surface area contributed by atoms with Gasteiger partial charge in [-0.15, -0.1) is 0 Å². The number of aryl methyl sites for hydroxylation is 1. The Morgan fingerprint density at radius 1 is 0.952 bits per heavy atom. The SMILES string of the molecule is CCNC(c1ccc(OC)cc1)c1ccc(OC)cc1C. The van der Waals surface area contributed by atoms with Crippen molar-refractivity contribution in [1.29, 1.82) is 0 Å². The normalized spacial score (nSPS) is 12.0. The number of benzene rings is 2. The Balaban J connectivity index is 2.37. The smallest absolute Gasteiger partial charge is 0.119 e. The fraction of sp³-hybridized carbons (Fsp3) is 0.333. The van der Waals surface area contributed by atoms with Gasteiger partial charge in [0.25, 0.3) is 0 Å². The van der Waals surface area contributed by atoms with Gasteiger partial charge in [0.05, 0.1) is 20.3 Å². The van der Waals surface area contributed by atoms with Gasteiger partial charge in [-0.25, -0.2) is 0 Å². The summed E-state index contributed by atoms with van der Waals surface area (Å²) in [6.45, 7) is 5.14. The topological polar surface area (TPSA) is 30.5 Å². The quantitative estimate of drug-likeness (QED) is 0.877. The third-order valence-electron chi connectivity index (χ3n) is 3.65. The summed E-state index contributed by atoms with van der Waals surface area (Å²) in [5, 5.41) is 3.55. The summed E-state index contributed by atoms with van der Waals surface area (Å²) in [4.78, 5) is 0. The Bertz CT molecular complexity index is 578. The number of hydrogen-bond donors (Lipinski definition) is 1. The van der Waals surface area contributed by atoms with E-state index >= 15 is 0 Å². The Hall–Kier alpha value is -2.00. The van der Waals surface area contributed by atoms with E-state index in [4.69, 9.17) is 9.47 Å². The van der Waals surface area contributed by atoms with Crippen molar-refractivity contribution in [2.75, 3.05) is 20.8 Å². The first-order chi connectivity index (χ1) is 10.2. The number of nitrogens with one attached hydrogen (secondary N) is 1. The minimum absolute atomic E-state index is 0.173. The lowest BCUT2D eigenvalue weighted by atomic mass is 9.94. The molecule has 0 aromatic heterocycles. The number of methoxy groups -OCH3 is 2. The maximum atomic E-state index is 5.29. The molecule has 1 N–H and O–H groups in total. The third kappa shape index (κ3) is 3.56. The van der Waals surface area contributed by atoms with Crippen LogP contribution in [-0.4, -0.2) is 20.8 Å². The van der Waals surface area contributed by atoms with Crippen LogP contribution in [0.4, 0.5) is 0 Å². The molecule has 3 heteroatoms. The Morgan fingerprint density at radius 2 is 1.57 bits per heavy atom. The zero-order valence-corrected chi connectivity index (χ0v) is 13.1. The van der Waals surface area contributed by atoms with Gasteiger partial charge in [0.1, 0.15) is 11.5 Å². The summed E-state index contributed by atoms with van der Waals surface area (Å²) in [5.41, 5.74) is 3.71. The fourth-order valence-electron chi connectivity index (χ4n) is 2.51. The second kappa shape index (κ2) is 7.14. The van der Waals surface area contributed by atoms with Gasteiger partial charge in [0.2, 0.25) is 0 Å². The van der Waals surface area contributed by atoms with Crippen LogP contribution < -0.4 is 14.8 Å². The zero-order chi connectivity index (χ0) is 15.2. The van der Waals surface area contributed by atoms with Crippen molar-refractivity contribution in [2.24, 2.45) is 0 Å². The van der Waals surface area contributed by atoms with Gasteiger partial charge in [-0.1, -0.05) is 25.1 Å². The van der Waals surface area contributed by atoms with E-state index in [1.54, 1.807) is 14.2 Å². The minimum atomic E-state index is 0.173. The number of hydrogen-bond acceptors (Lipinski definition) is 3. The molecule has 0 saturated heterocycles. The van der Waals surface area contributed by atoms with E-state index in [0.717, 1.165) is 18.0 Å². The van der Waals surface area contributed by atoms with E-state index < -0.39 is 0 Å². The Labute approximate surface area is 126 Å². The van der Waals surface area contributed by atoms with E-state index in [1.807, 2.05) is 18.2 Å². The van der Waals surface area contributed by atoms with E-state index in [0.29, 0.717) is 0 Å². The number of rotatable bonds is 6. The van der Waals surface area contributed by atoms with Gasteiger partial charge in [0, 0.05) is 0 Å². The molecule has 0 aliphatic heterocycles. The minimum Gasteiger partial charge on any atom is -0.497 e. The first-order valence-corrected chi connectivity index (χ1v) is 7.21. The third-order valence-corrected chi connectivity index (χ3v) is 3.65.